The molecule has 112 valence electrons. The molecule has 0 amide bonds. The summed E-state index contributed by atoms with van der Waals surface area (Å²) in [7, 11) is 2.95. The summed E-state index contributed by atoms with van der Waals surface area (Å²) in [6.45, 7) is 0.696. The first-order valence-electron chi connectivity index (χ1n) is 6.64. The number of hydrogen-bond acceptors (Lipinski definition) is 4. The molecule has 0 aliphatic heterocycles. The second kappa shape index (κ2) is 7.97. The fourth-order valence-corrected chi connectivity index (χ4v) is 2.32. The quantitative estimate of drug-likeness (QED) is 0.585. The van der Waals surface area contributed by atoms with Crippen molar-refractivity contribution in [2.75, 3.05) is 27.4 Å². The van der Waals surface area contributed by atoms with Gasteiger partial charge in [-0.2, -0.15) is 0 Å². The first-order chi connectivity index (χ1) is 9.60. The van der Waals surface area contributed by atoms with Crippen LogP contribution < -0.4 is 5.73 Å². The van der Waals surface area contributed by atoms with E-state index in [0.717, 1.165) is 12.8 Å². The van der Waals surface area contributed by atoms with Crippen LogP contribution >= 0.6 is 0 Å². The highest BCUT2D eigenvalue weighted by Gasteiger charge is 2.39. The average molecular weight is 283 g/mol. The maximum absolute atomic E-state index is 13.4. The van der Waals surface area contributed by atoms with E-state index in [9.17, 15) is 9.18 Å². The van der Waals surface area contributed by atoms with Crippen molar-refractivity contribution in [2.24, 2.45) is 5.73 Å². The fourth-order valence-electron chi connectivity index (χ4n) is 2.32. The minimum atomic E-state index is -0.995. The van der Waals surface area contributed by atoms with Crippen LogP contribution in [0.25, 0.3) is 0 Å². The zero-order chi connectivity index (χ0) is 15.0. The number of unbranched alkanes of at least 4 members (excludes halogenated alkanes) is 1. The van der Waals surface area contributed by atoms with Crippen molar-refractivity contribution in [3.63, 3.8) is 0 Å². The van der Waals surface area contributed by atoms with Crippen molar-refractivity contribution in [1.82, 2.24) is 0 Å². The maximum atomic E-state index is 13.4. The van der Waals surface area contributed by atoms with Gasteiger partial charge in [-0.3, -0.25) is 4.79 Å². The van der Waals surface area contributed by atoms with Crippen LogP contribution in [0.5, 0.6) is 0 Å². The number of carbonyl (C=O) groups excluding carboxylic acids is 1. The molecule has 1 rings (SSSR count). The zero-order valence-corrected chi connectivity index (χ0v) is 12.0. The highest BCUT2D eigenvalue weighted by Crippen LogP contribution is 2.31. The third-order valence-corrected chi connectivity index (χ3v) is 3.50. The third kappa shape index (κ3) is 3.77. The van der Waals surface area contributed by atoms with Gasteiger partial charge in [-0.05, 0) is 37.0 Å². The van der Waals surface area contributed by atoms with E-state index in [0.29, 0.717) is 18.6 Å². The van der Waals surface area contributed by atoms with Crippen molar-refractivity contribution >= 4 is 5.97 Å². The second-order valence-electron chi connectivity index (χ2n) is 4.74. The Bertz CT molecular complexity index is 439. The van der Waals surface area contributed by atoms with Crippen molar-refractivity contribution < 1.29 is 18.7 Å². The summed E-state index contributed by atoms with van der Waals surface area (Å²) in [4.78, 5) is 12.2. The summed E-state index contributed by atoms with van der Waals surface area (Å²) in [5.41, 5.74) is 5.39. The van der Waals surface area contributed by atoms with Gasteiger partial charge in [0.15, 0.2) is 0 Å². The summed E-state index contributed by atoms with van der Waals surface area (Å²) in [6, 6.07) is 5.98. The lowest BCUT2D eigenvalue weighted by molar-refractivity contribution is -0.147. The smallest absolute Gasteiger partial charge is 0.317 e. The maximum Gasteiger partial charge on any atom is 0.317 e. The second-order valence-corrected chi connectivity index (χ2v) is 4.74. The number of halogens is 1. The SMILES string of the molecule is COCCCCC(CN)(C(=O)OC)c1cccc(F)c1. The van der Waals surface area contributed by atoms with Crippen LogP contribution in [0.3, 0.4) is 0 Å². The van der Waals surface area contributed by atoms with Gasteiger partial charge in [0.05, 0.1) is 7.11 Å². The lowest BCUT2D eigenvalue weighted by atomic mass is 9.76. The number of esters is 1. The minimum absolute atomic E-state index is 0.0795. The van der Waals surface area contributed by atoms with Gasteiger partial charge in [-0.1, -0.05) is 12.1 Å². The summed E-state index contributed by atoms with van der Waals surface area (Å²) in [5, 5.41) is 0. The van der Waals surface area contributed by atoms with Crippen LogP contribution in [0.15, 0.2) is 24.3 Å². The normalized spacial score (nSPS) is 13.8. The predicted molar refractivity (Wildman–Crippen MR) is 74.9 cm³/mol. The van der Waals surface area contributed by atoms with Crippen molar-refractivity contribution in [3.05, 3.63) is 35.6 Å². The number of methoxy groups -OCH3 is 2. The zero-order valence-electron chi connectivity index (χ0n) is 12.0. The third-order valence-electron chi connectivity index (χ3n) is 3.50. The Hall–Kier alpha value is -1.46. The fraction of sp³-hybridized carbons (Fsp3) is 0.533. The summed E-state index contributed by atoms with van der Waals surface area (Å²) >= 11 is 0. The van der Waals surface area contributed by atoms with Crippen LogP contribution in [-0.2, 0) is 19.7 Å². The number of carbonyl (C=O) groups is 1. The molecule has 1 unspecified atom stereocenters. The van der Waals surface area contributed by atoms with Gasteiger partial charge in [0, 0.05) is 20.3 Å². The molecule has 0 radical (unpaired) electrons. The molecule has 0 aliphatic carbocycles. The Morgan fingerprint density at radius 2 is 2.10 bits per heavy atom. The van der Waals surface area contributed by atoms with Crippen molar-refractivity contribution in [3.8, 4) is 0 Å². The van der Waals surface area contributed by atoms with Gasteiger partial charge in [-0.25, -0.2) is 4.39 Å². The molecule has 0 aromatic heterocycles. The van der Waals surface area contributed by atoms with Gasteiger partial charge >= 0.3 is 5.97 Å². The largest absolute Gasteiger partial charge is 0.468 e. The topological polar surface area (TPSA) is 61.5 Å². The predicted octanol–water partition coefficient (Wildman–Crippen LogP) is 2.01. The Morgan fingerprint density at radius 3 is 2.65 bits per heavy atom. The van der Waals surface area contributed by atoms with E-state index in [1.54, 1.807) is 19.2 Å². The van der Waals surface area contributed by atoms with E-state index in [2.05, 4.69) is 0 Å². The Balaban J connectivity index is 3.02. The monoisotopic (exact) mass is 283 g/mol. The number of rotatable bonds is 8. The van der Waals surface area contributed by atoms with E-state index >= 15 is 0 Å². The van der Waals surface area contributed by atoms with E-state index in [1.165, 1.54) is 19.2 Å². The first-order valence-corrected chi connectivity index (χ1v) is 6.64. The Labute approximate surface area is 119 Å². The van der Waals surface area contributed by atoms with Gasteiger partial charge in [-0.15, -0.1) is 0 Å². The molecule has 1 atom stereocenters. The molecule has 0 fully saturated rings. The molecule has 0 saturated heterocycles. The summed E-state index contributed by atoms with van der Waals surface area (Å²) < 4.78 is 23.3. The molecule has 4 nitrogen and oxygen atoms in total. The molecule has 2 N–H and O–H groups in total. The standard InChI is InChI=1S/C15H22FNO3/c1-19-9-4-3-8-15(11-17,14(18)20-2)12-6-5-7-13(16)10-12/h5-7,10H,3-4,8-9,11,17H2,1-2H3. The molecular weight excluding hydrogens is 261 g/mol. The summed E-state index contributed by atoms with van der Waals surface area (Å²) in [5.74, 6) is -0.816. The van der Waals surface area contributed by atoms with E-state index in [1.807, 2.05) is 0 Å². The van der Waals surface area contributed by atoms with Crippen LogP contribution in [0.1, 0.15) is 24.8 Å². The molecule has 0 spiro atoms. The molecular formula is C15H22FNO3. The summed E-state index contributed by atoms with van der Waals surface area (Å²) in [6.07, 6.45) is 2.06. The molecule has 5 heteroatoms. The average Bonchev–Trinajstić information content (AvgIpc) is 2.47. The number of ether oxygens (including phenoxy) is 2. The first kappa shape index (κ1) is 16.6. The van der Waals surface area contributed by atoms with Gasteiger partial charge < -0.3 is 15.2 Å². The molecule has 0 bridgehead atoms. The molecule has 0 saturated carbocycles. The minimum Gasteiger partial charge on any atom is -0.468 e. The van der Waals surface area contributed by atoms with Crippen molar-refractivity contribution in [2.45, 2.75) is 24.7 Å². The van der Waals surface area contributed by atoms with Crippen LogP contribution in [0, 0.1) is 5.82 Å². The van der Waals surface area contributed by atoms with E-state index in [4.69, 9.17) is 15.2 Å². The van der Waals surface area contributed by atoms with Gasteiger partial charge in [0.1, 0.15) is 11.2 Å². The molecule has 0 aliphatic rings. The molecule has 1 aromatic carbocycles. The molecule has 1 aromatic rings. The molecule has 20 heavy (non-hydrogen) atoms. The highest BCUT2D eigenvalue weighted by atomic mass is 19.1. The van der Waals surface area contributed by atoms with Crippen molar-refractivity contribution in [1.29, 1.82) is 0 Å². The lowest BCUT2D eigenvalue weighted by Gasteiger charge is -2.30. The van der Waals surface area contributed by atoms with E-state index < -0.39 is 11.4 Å². The number of benzene rings is 1. The van der Waals surface area contributed by atoms with Gasteiger partial charge in [0.2, 0.25) is 0 Å². The number of nitrogens with two attached hydrogens (primary N) is 1. The Kier molecular flexibility index (Phi) is 6.61. The molecule has 0 heterocycles. The van der Waals surface area contributed by atoms with Gasteiger partial charge in [0.25, 0.3) is 0 Å². The van der Waals surface area contributed by atoms with Crippen LogP contribution in [0.2, 0.25) is 0 Å². The number of hydrogen-bond donors (Lipinski definition) is 1. The highest BCUT2D eigenvalue weighted by molar-refractivity contribution is 5.83. The van der Waals surface area contributed by atoms with Crippen LogP contribution in [0.4, 0.5) is 4.39 Å². The van der Waals surface area contributed by atoms with E-state index in [-0.39, 0.29) is 12.4 Å². The Morgan fingerprint density at radius 1 is 1.35 bits per heavy atom. The lowest BCUT2D eigenvalue weighted by Crippen LogP contribution is -2.44. The van der Waals surface area contributed by atoms with Crippen LogP contribution in [-0.4, -0.2) is 33.3 Å².